The molecule has 0 saturated heterocycles. The Labute approximate surface area is 135 Å². The average molecular weight is 337 g/mol. The molecular formula is C16H19NO3S2. The zero-order valence-corrected chi connectivity index (χ0v) is 14.7. The Kier molecular flexibility index (Phi) is 4.72. The van der Waals surface area contributed by atoms with E-state index in [2.05, 4.69) is 0 Å². The molecule has 0 aliphatic rings. The molecule has 1 aromatic heterocycles. The Bertz CT molecular complexity index is 776. The molecule has 4 nitrogen and oxygen atoms in total. The lowest BCUT2D eigenvalue weighted by molar-refractivity contribution is 0.0747. The molecule has 0 fully saturated rings. The monoisotopic (exact) mass is 337 g/mol. The molecular weight excluding hydrogens is 318 g/mol. The van der Waals surface area contributed by atoms with E-state index >= 15 is 0 Å². The van der Waals surface area contributed by atoms with Gasteiger partial charge in [-0.15, -0.1) is 11.3 Å². The van der Waals surface area contributed by atoms with E-state index in [1.165, 1.54) is 17.6 Å². The van der Waals surface area contributed by atoms with Crippen LogP contribution in [0.4, 0.5) is 0 Å². The number of aryl methyl sites for hydroxylation is 1. The van der Waals surface area contributed by atoms with Gasteiger partial charge in [-0.25, -0.2) is 8.42 Å². The lowest BCUT2D eigenvalue weighted by atomic mass is 10.1. The maximum Gasteiger partial charge on any atom is 0.264 e. The minimum atomic E-state index is -3.20. The standard InChI is InChI=1S/C16H19NO3S2/c1-11-9-10-21-15(11)16(18)17(3)12(2)13-5-7-14(8-6-13)22(4,19)20/h5-10,12H,1-4H3/t12-/m1/s1. The van der Waals surface area contributed by atoms with Crippen molar-refractivity contribution in [2.75, 3.05) is 13.3 Å². The van der Waals surface area contributed by atoms with E-state index < -0.39 is 9.84 Å². The van der Waals surface area contributed by atoms with Crippen molar-refractivity contribution in [3.8, 4) is 0 Å². The van der Waals surface area contributed by atoms with Crippen LogP contribution in [0, 0.1) is 6.92 Å². The molecule has 0 N–H and O–H groups in total. The summed E-state index contributed by atoms with van der Waals surface area (Å²) in [6.07, 6.45) is 1.18. The zero-order valence-electron chi connectivity index (χ0n) is 13.0. The normalized spacial score (nSPS) is 12.9. The minimum Gasteiger partial charge on any atom is -0.334 e. The third-order valence-electron chi connectivity index (χ3n) is 3.75. The first-order valence-corrected chi connectivity index (χ1v) is 9.60. The predicted molar refractivity (Wildman–Crippen MR) is 89.1 cm³/mol. The first kappa shape index (κ1) is 16.7. The number of hydrogen-bond acceptors (Lipinski definition) is 4. The molecule has 1 heterocycles. The molecule has 0 bridgehead atoms. The van der Waals surface area contributed by atoms with Crippen LogP contribution in [-0.4, -0.2) is 32.5 Å². The van der Waals surface area contributed by atoms with Crippen molar-refractivity contribution in [1.29, 1.82) is 0 Å². The van der Waals surface area contributed by atoms with Crippen LogP contribution < -0.4 is 0 Å². The Hall–Kier alpha value is -1.66. The Balaban J connectivity index is 2.22. The van der Waals surface area contributed by atoms with Gasteiger partial charge >= 0.3 is 0 Å². The smallest absolute Gasteiger partial charge is 0.264 e. The second-order valence-corrected chi connectivity index (χ2v) is 8.30. The third kappa shape index (κ3) is 3.39. The van der Waals surface area contributed by atoms with Gasteiger partial charge in [-0.1, -0.05) is 12.1 Å². The summed E-state index contributed by atoms with van der Waals surface area (Å²) in [5, 5.41) is 1.90. The van der Waals surface area contributed by atoms with Crippen LogP contribution in [-0.2, 0) is 9.84 Å². The SMILES string of the molecule is Cc1ccsc1C(=O)N(C)[C@H](C)c1ccc(S(C)(=O)=O)cc1. The number of nitrogens with zero attached hydrogens (tertiary/aromatic N) is 1. The molecule has 0 unspecified atom stereocenters. The van der Waals surface area contributed by atoms with Crippen molar-refractivity contribution in [3.05, 3.63) is 51.7 Å². The highest BCUT2D eigenvalue weighted by molar-refractivity contribution is 7.90. The topological polar surface area (TPSA) is 54.5 Å². The highest BCUT2D eigenvalue weighted by atomic mass is 32.2. The molecule has 1 amide bonds. The molecule has 6 heteroatoms. The zero-order chi connectivity index (χ0) is 16.5. The lowest BCUT2D eigenvalue weighted by Crippen LogP contribution is -2.29. The fourth-order valence-corrected chi connectivity index (χ4v) is 3.68. The van der Waals surface area contributed by atoms with Gasteiger partial charge in [0, 0.05) is 13.3 Å². The van der Waals surface area contributed by atoms with Gasteiger partial charge in [-0.05, 0) is 48.6 Å². The van der Waals surface area contributed by atoms with Crippen molar-refractivity contribution < 1.29 is 13.2 Å². The summed E-state index contributed by atoms with van der Waals surface area (Å²) in [7, 11) is -1.44. The van der Waals surface area contributed by atoms with Gasteiger partial charge in [0.1, 0.15) is 0 Å². The second kappa shape index (κ2) is 6.22. The summed E-state index contributed by atoms with van der Waals surface area (Å²) >= 11 is 1.43. The Morgan fingerprint density at radius 1 is 1.18 bits per heavy atom. The number of sulfone groups is 1. The predicted octanol–water partition coefficient (Wildman–Crippen LogP) is 3.29. The summed E-state index contributed by atoms with van der Waals surface area (Å²) in [5.41, 5.74) is 1.87. The van der Waals surface area contributed by atoms with Crippen LogP contribution in [0.25, 0.3) is 0 Å². The van der Waals surface area contributed by atoms with Crippen LogP contribution in [0.1, 0.15) is 33.8 Å². The first-order chi connectivity index (χ1) is 10.2. The van der Waals surface area contributed by atoms with E-state index in [4.69, 9.17) is 0 Å². The van der Waals surface area contributed by atoms with Crippen molar-refractivity contribution >= 4 is 27.1 Å². The summed E-state index contributed by atoms with van der Waals surface area (Å²) in [6.45, 7) is 3.85. The van der Waals surface area contributed by atoms with Gasteiger partial charge in [0.15, 0.2) is 9.84 Å². The Morgan fingerprint density at radius 2 is 1.77 bits per heavy atom. The maximum absolute atomic E-state index is 12.5. The van der Waals surface area contributed by atoms with Gasteiger partial charge in [0.25, 0.3) is 5.91 Å². The van der Waals surface area contributed by atoms with Crippen LogP contribution in [0.3, 0.4) is 0 Å². The van der Waals surface area contributed by atoms with Gasteiger partial charge in [-0.2, -0.15) is 0 Å². The van der Waals surface area contributed by atoms with Crippen LogP contribution in [0.15, 0.2) is 40.6 Å². The number of benzene rings is 1. The number of hydrogen-bond donors (Lipinski definition) is 0. The molecule has 0 aliphatic carbocycles. The quantitative estimate of drug-likeness (QED) is 0.860. The first-order valence-electron chi connectivity index (χ1n) is 6.83. The van der Waals surface area contributed by atoms with E-state index in [1.807, 2.05) is 25.3 Å². The van der Waals surface area contributed by atoms with Gasteiger partial charge in [0.05, 0.1) is 15.8 Å². The second-order valence-electron chi connectivity index (χ2n) is 5.37. The van der Waals surface area contributed by atoms with Crippen LogP contribution in [0.2, 0.25) is 0 Å². The third-order valence-corrected chi connectivity index (χ3v) is 5.88. The van der Waals surface area contributed by atoms with E-state index in [0.29, 0.717) is 0 Å². The van der Waals surface area contributed by atoms with Crippen molar-refractivity contribution in [2.45, 2.75) is 24.8 Å². The average Bonchev–Trinajstić information content (AvgIpc) is 2.90. The lowest BCUT2D eigenvalue weighted by Gasteiger charge is -2.25. The van der Waals surface area contributed by atoms with Gasteiger partial charge in [-0.3, -0.25) is 4.79 Å². The van der Waals surface area contributed by atoms with Gasteiger partial charge < -0.3 is 4.90 Å². The van der Waals surface area contributed by atoms with Crippen LogP contribution >= 0.6 is 11.3 Å². The van der Waals surface area contributed by atoms with Crippen LogP contribution in [0.5, 0.6) is 0 Å². The molecule has 0 spiro atoms. The largest absolute Gasteiger partial charge is 0.334 e. The molecule has 118 valence electrons. The number of carbonyl (C=O) groups is 1. The fourth-order valence-electron chi connectivity index (χ4n) is 2.15. The fraction of sp³-hybridized carbons (Fsp3) is 0.312. The molecule has 1 aromatic carbocycles. The van der Waals surface area contributed by atoms with E-state index in [-0.39, 0.29) is 16.8 Å². The molecule has 0 saturated carbocycles. The molecule has 2 aromatic rings. The highest BCUT2D eigenvalue weighted by Crippen LogP contribution is 2.25. The molecule has 0 aliphatic heterocycles. The highest BCUT2D eigenvalue weighted by Gasteiger charge is 2.21. The number of rotatable bonds is 4. The molecule has 0 radical (unpaired) electrons. The summed E-state index contributed by atoms with van der Waals surface area (Å²) in [6, 6.07) is 8.46. The number of carbonyl (C=O) groups excluding carboxylic acids is 1. The summed E-state index contributed by atoms with van der Waals surface area (Å²) in [4.78, 5) is 15.2. The van der Waals surface area contributed by atoms with E-state index in [9.17, 15) is 13.2 Å². The van der Waals surface area contributed by atoms with Crippen molar-refractivity contribution in [1.82, 2.24) is 4.90 Å². The summed E-state index contributed by atoms with van der Waals surface area (Å²) in [5.74, 6) is -0.0211. The molecule has 22 heavy (non-hydrogen) atoms. The van der Waals surface area contributed by atoms with Gasteiger partial charge in [0.2, 0.25) is 0 Å². The Morgan fingerprint density at radius 3 is 2.23 bits per heavy atom. The van der Waals surface area contributed by atoms with Crippen molar-refractivity contribution in [2.24, 2.45) is 0 Å². The van der Waals surface area contributed by atoms with E-state index in [1.54, 1.807) is 36.2 Å². The number of amides is 1. The van der Waals surface area contributed by atoms with E-state index in [0.717, 1.165) is 16.0 Å². The molecule has 1 atom stereocenters. The molecule has 2 rings (SSSR count). The number of thiophene rings is 1. The summed E-state index contributed by atoms with van der Waals surface area (Å²) < 4.78 is 23.0. The maximum atomic E-state index is 12.5. The van der Waals surface area contributed by atoms with Crippen molar-refractivity contribution in [3.63, 3.8) is 0 Å². The minimum absolute atomic E-state index is 0.0211.